The van der Waals surface area contributed by atoms with Gasteiger partial charge in [0.05, 0.1) is 5.69 Å². The molecule has 126 valence electrons. The molecule has 0 aliphatic rings. The first kappa shape index (κ1) is 17.2. The van der Waals surface area contributed by atoms with Crippen molar-refractivity contribution in [1.82, 2.24) is 0 Å². The predicted octanol–water partition coefficient (Wildman–Crippen LogP) is 5.44. The van der Waals surface area contributed by atoms with Crippen LogP contribution in [0.5, 0.6) is 0 Å². The van der Waals surface area contributed by atoms with Crippen LogP contribution in [0.4, 0.5) is 14.5 Å². The number of nitrogens with one attached hydrogen (secondary N) is 1. The zero-order valence-corrected chi connectivity index (χ0v) is 14.0. The van der Waals surface area contributed by atoms with Crippen LogP contribution in [0.3, 0.4) is 0 Å². The second-order valence-electron chi connectivity index (χ2n) is 5.34. The van der Waals surface area contributed by atoms with Crippen LogP contribution in [0.25, 0.3) is 0 Å². The third-order valence-electron chi connectivity index (χ3n) is 3.53. The van der Waals surface area contributed by atoms with Crippen molar-refractivity contribution < 1.29 is 13.6 Å². The Morgan fingerprint density at radius 2 is 1.52 bits per heavy atom. The summed E-state index contributed by atoms with van der Waals surface area (Å²) in [5.74, 6) is -1.86. The van der Waals surface area contributed by atoms with Crippen LogP contribution in [-0.2, 0) is 4.79 Å². The highest BCUT2D eigenvalue weighted by molar-refractivity contribution is 8.00. The summed E-state index contributed by atoms with van der Waals surface area (Å²) in [5.41, 5.74) is 0.761. The average Bonchev–Trinajstić information content (AvgIpc) is 2.63. The molecule has 0 fully saturated rings. The van der Waals surface area contributed by atoms with Gasteiger partial charge in [-0.1, -0.05) is 48.5 Å². The van der Waals surface area contributed by atoms with E-state index in [0.29, 0.717) is 0 Å². The van der Waals surface area contributed by atoms with Gasteiger partial charge in [0.2, 0.25) is 5.91 Å². The van der Waals surface area contributed by atoms with Gasteiger partial charge in [0, 0.05) is 11.0 Å². The van der Waals surface area contributed by atoms with E-state index in [1.807, 2.05) is 60.7 Å². The predicted molar refractivity (Wildman–Crippen MR) is 96.5 cm³/mol. The molecule has 0 saturated heterocycles. The van der Waals surface area contributed by atoms with Gasteiger partial charge in [-0.05, 0) is 29.8 Å². The third kappa shape index (κ3) is 4.45. The number of hydrogen-bond acceptors (Lipinski definition) is 2. The normalized spacial score (nSPS) is 11.8. The number of anilines is 1. The minimum atomic E-state index is -0.801. The maximum absolute atomic E-state index is 13.8. The van der Waals surface area contributed by atoms with Gasteiger partial charge in [0.1, 0.15) is 16.9 Å². The highest BCUT2D eigenvalue weighted by Crippen LogP contribution is 2.36. The monoisotopic (exact) mass is 355 g/mol. The van der Waals surface area contributed by atoms with E-state index in [4.69, 9.17) is 0 Å². The summed E-state index contributed by atoms with van der Waals surface area (Å²) >= 11 is 1.37. The molecule has 1 N–H and O–H groups in total. The summed E-state index contributed by atoms with van der Waals surface area (Å²) in [4.78, 5) is 13.7. The van der Waals surface area contributed by atoms with Crippen LogP contribution in [0.15, 0.2) is 83.8 Å². The Bertz CT molecular complexity index is 856. The van der Waals surface area contributed by atoms with Gasteiger partial charge in [0.15, 0.2) is 0 Å². The topological polar surface area (TPSA) is 29.1 Å². The Morgan fingerprint density at radius 1 is 0.880 bits per heavy atom. The largest absolute Gasteiger partial charge is 0.322 e. The number of thioether (sulfide) groups is 1. The van der Waals surface area contributed by atoms with E-state index in [0.717, 1.165) is 22.6 Å². The van der Waals surface area contributed by atoms with Crippen molar-refractivity contribution in [3.05, 3.63) is 96.1 Å². The van der Waals surface area contributed by atoms with E-state index in [2.05, 4.69) is 5.32 Å². The molecule has 0 aliphatic heterocycles. The molecule has 0 spiro atoms. The third-order valence-corrected chi connectivity index (χ3v) is 4.79. The summed E-state index contributed by atoms with van der Waals surface area (Å²) in [5, 5.41) is 1.99. The van der Waals surface area contributed by atoms with E-state index in [-0.39, 0.29) is 11.6 Å². The molecule has 5 heteroatoms. The van der Waals surface area contributed by atoms with Crippen LogP contribution in [0.2, 0.25) is 0 Å². The van der Waals surface area contributed by atoms with Gasteiger partial charge < -0.3 is 5.32 Å². The lowest BCUT2D eigenvalue weighted by molar-refractivity contribution is -0.115. The van der Waals surface area contributed by atoms with Crippen LogP contribution < -0.4 is 5.32 Å². The summed E-state index contributed by atoms with van der Waals surface area (Å²) in [6.07, 6.45) is 0. The molecule has 0 bridgehead atoms. The van der Waals surface area contributed by atoms with Crippen molar-refractivity contribution in [2.24, 2.45) is 0 Å². The summed E-state index contributed by atoms with van der Waals surface area (Å²) in [6, 6.07) is 21.8. The van der Waals surface area contributed by atoms with Crippen LogP contribution in [0.1, 0.15) is 10.8 Å². The first-order valence-corrected chi connectivity index (χ1v) is 8.54. The Morgan fingerprint density at radius 3 is 2.16 bits per heavy atom. The number of hydrogen-bond donors (Lipinski definition) is 1. The fourth-order valence-electron chi connectivity index (χ4n) is 2.33. The fourth-order valence-corrected chi connectivity index (χ4v) is 3.37. The fraction of sp³-hybridized carbons (Fsp3) is 0.0500. The first-order chi connectivity index (χ1) is 12.1. The summed E-state index contributed by atoms with van der Waals surface area (Å²) in [6.45, 7) is 0. The average molecular weight is 355 g/mol. The molecule has 0 radical (unpaired) electrons. The van der Waals surface area contributed by atoms with Gasteiger partial charge in [-0.2, -0.15) is 0 Å². The van der Waals surface area contributed by atoms with Crippen LogP contribution >= 0.6 is 11.8 Å². The Kier molecular flexibility index (Phi) is 5.46. The quantitative estimate of drug-likeness (QED) is 0.618. The van der Waals surface area contributed by atoms with E-state index in [1.165, 1.54) is 17.8 Å². The SMILES string of the molecule is O=C(Nc1ccc(F)cc1F)C(Sc1ccccc1)c1ccccc1. The molecule has 1 unspecified atom stereocenters. The van der Waals surface area contributed by atoms with Gasteiger partial charge in [-0.15, -0.1) is 11.8 Å². The van der Waals surface area contributed by atoms with E-state index >= 15 is 0 Å². The minimum absolute atomic E-state index is 0.0407. The molecule has 0 aliphatic carbocycles. The summed E-state index contributed by atoms with van der Waals surface area (Å²) < 4.78 is 26.9. The molecule has 1 amide bonds. The Balaban J connectivity index is 1.87. The minimum Gasteiger partial charge on any atom is -0.322 e. The lowest BCUT2D eigenvalue weighted by Crippen LogP contribution is -2.19. The molecule has 3 aromatic rings. The van der Waals surface area contributed by atoms with Gasteiger partial charge in [-0.25, -0.2) is 8.78 Å². The van der Waals surface area contributed by atoms with E-state index in [9.17, 15) is 13.6 Å². The lowest BCUT2D eigenvalue weighted by atomic mass is 10.1. The Labute approximate surface area is 148 Å². The van der Waals surface area contributed by atoms with Crippen LogP contribution in [0, 0.1) is 11.6 Å². The second kappa shape index (κ2) is 7.94. The molecule has 0 heterocycles. The molecule has 2 nitrogen and oxygen atoms in total. The maximum Gasteiger partial charge on any atom is 0.242 e. The molecule has 0 saturated carbocycles. The zero-order valence-electron chi connectivity index (χ0n) is 13.2. The van der Waals surface area contributed by atoms with Gasteiger partial charge in [-0.3, -0.25) is 4.79 Å². The van der Waals surface area contributed by atoms with Crippen LogP contribution in [-0.4, -0.2) is 5.91 Å². The van der Waals surface area contributed by atoms with Crippen molar-refractivity contribution in [2.45, 2.75) is 10.1 Å². The Hall–Kier alpha value is -2.66. The number of benzene rings is 3. The lowest BCUT2D eigenvalue weighted by Gasteiger charge is -2.17. The van der Waals surface area contributed by atoms with Crippen molar-refractivity contribution in [3.8, 4) is 0 Å². The molecular weight excluding hydrogens is 340 g/mol. The van der Waals surface area contributed by atoms with Gasteiger partial charge in [0.25, 0.3) is 0 Å². The molecule has 0 aromatic heterocycles. The molecule has 3 rings (SSSR count). The number of carbonyl (C=O) groups excluding carboxylic acids is 1. The van der Waals surface area contributed by atoms with Crippen molar-refractivity contribution in [1.29, 1.82) is 0 Å². The standard InChI is InChI=1S/C20H15F2NOS/c21-15-11-12-18(17(22)13-15)23-20(24)19(14-7-3-1-4-8-14)25-16-9-5-2-6-10-16/h1-13,19H,(H,23,24). The highest BCUT2D eigenvalue weighted by Gasteiger charge is 2.23. The number of amides is 1. The van der Waals surface area contributed by atoms with Crippen molar-refractivity contribution in [2.75, 3.05) is 5.32 Å². The van der Waals surface area contributed by atoms with Gasteiger partial charge >= 0.3 is 0 Å². The number of carbonyl (C=O) groups is 1. The zero-order chi connectivity index (χ0) is 17.6. The molecule has 25 heavy (non-hydrogen) atoms. The highest BCUT2D eigenvalue weighted by atomic mass is 32.2. The molecule has 3 aromatic carbocycles. The number of halogens is 2. The first-order valence-electron chi connectivity index (χ1n) is 7.66. The second-order valence-corrected chi connectivity index (χ2v) is 6.51. The van der Waals surface area contributed by atoms with E-state index in [1.54, 1.807) is 0 Å². The molecule has 1 atom stereocenters. The van der Waals surface area contributed by atoms with Crippen molar-refractivity contribution in [3.63, 3.8) is 0 Å². The number of rotatable bonds is 5. The smallest absolute Gasteiger partial charge is 0.242 e. The van der Waals surface area contributed by atoms with Crippen molar-refractivity contribution >= 4 is 23.4 Å². The van der Waals surface area contributed by atoms with E-state index < -0.39 is 16.9 Å². The summed E-state index contributed by atoms with van der Waals surface area (Å²) in [7, 11) is 0. The molecular formula is C20H15F2NOS. The maximum atomic E-state index is 13.8.